The number of nitrogens with two attached hydrogens (primary N) is 1. The average molecular weight is 299 g/mol. The third-order valence-corrected chi connectivity index (χ3v) is 2.84. The van der Waals surface area contributed by atoms with E-state index in [9.17, 15) is 0 Å². The van der Waals surface area contributed by atoms with Gasteiger partial charge in [0.1, 0.15) is 11.5 Å². The van der Waals surface area contributed by atoms with Gasteiger partial charge in [0.2, 0.25) is 0 Å². The van der Waals surface area contributed by atoms with Crippen LogP contribution < -0.4 is 15.2 Å². The molecule has 17 heavy (non-hydrogen) atoms. The molecule has 6 heteroatoms. The number of aromatic nitrogens is 1. The van der Waals surface area contributed by atoms with Crippen LogP contribution in [0.2, 0.25) is 0 Å². The van der Waals surface area contributed by atoms with Crippen molar-refractivity contribution in [1.29, 1.82) is 0 Å². The van der Waals surface area contributed by atoms with E-state index in [0.29, 0.717) is 23.1 Å². The van der Waals surface area contributed by atoms with Crippen molar-refractivity contribution in [2.45, 2.75) is 0 Å². The number of hydrogen-bond donors (Lipinski definition) is 1. The molecule has 2 rings (SSSR count). The lowest BCUT2D eigenvalue weighted by atomic mass is 10.1. The van der Waals surface area contributed by atoms with Crippen molar-refractivity contribution < 1.29 is 14.0 Å². The third kappa shape index (κ3) is 2.21. The Bertz CT molecular complexity index is 540. The molecule has 0 unspecified atom stereocenters. The highest BCUT2D eigenvalue weighted by Crippen LogP contribution is 2.40. The predicted octanol–water partition coefficient (Wildman–Crippen LogP) is 2.70. The maximum atomic E-state index is 5.53. The Labute approximate surface area is 107 Å². The Morgan fingerprint density at radius 3 is 2.53 bits per heavy atom. The molecule has 0 radical (unpaired) electrons. The molecule has 1 aromatic carbocycles. The van der Waals surface area contributed by atoms with Gasteiger partial charge in [-0.15, -0.1) is 0 Å². The monoisotopic (exact) mass is 298 g/mol. The van der Waals surface area contributed by atoms with Gasteiger partial charge in [0.25, 0.3) is 0 Å². The van der Waals surface area contributed by atoms with Gasteiger partial charge < -0.3 is 19.7 Å². The van der Waals surface area contributed by atoms with Crippen LogP contribution >= 0.6 is 15.9 Å². The molecule has 0 fully saturated rings. The van der Waals surface area contributed by atoms with Gasteiger partial charge in [-0.2, -0.15) is 0 Å². The smallest absolute Gasteiger partial charge is 0.172 e. The molecule has 0 atom stereocenters. The van der Waals surface area contributed by atoms with Crippen molar-refractivity contribution in [2.75, 3.05) is 20.0 Å². The van der Waals surface area contributed by atoms with E-state index in [-0.39, 0.29) is 0 Å². The number of ether oxygens (including phenoxy) is 2. The Balaban J connectivity index is 2.61. The van der Waals surface area contributed by atoms with Crippen LogP contribution in [0.4, 0.5) is 5.82 Å². The summed E-state index contributed by atoms with van der Waals surface area (Å²) in [6, 6.07) is 5.23. The number of anilines is 1. The van der Waals surface area contributed by atoms with E-state index in [4.69, 9.17) is 19.7 Å². The van der Waals surface area contributed by atoms with Crippen LogP contribution in [0.5, 0.6) is 11.5 Å². The number of rotatable bonds is 3. The summed E-state index contributed by atoms with van der Waals surface area (Å²) < 4.78 is 16.4. The molecule has 0 saturated carbocycles. The van der Waals surface area contributed by atoms with E-state index in [2.05, 4.69) is 21.1 Å². The maximum absolute atomic E-state index is 5.53. The minimum absolute atomic E-state index is 0.320. The van der Waals surface area contributed by atoms with Gasteiger partial charge in [0, 0.05) is 6.07 Å². The molecule has 0 spiro atoms. The van der Waals surface area contributed by atoms with Gasteiger partial charge in [-0.3, -0.25) is 0 Å². The van der Waals surface area contributed by atoms with Crippen LogP contribution in [0.25, 0.3) is 11.3 Å². The lowest BCUT2D eigenvalue weighted by molar-refractivity contribution is 0.396. The minimum atomic E-state index is 0.320. The molecule has 1 aromatic heterocycles. The molecule has 2 N–H and O–H groups in total. The Morgan fingerprint density at radius 2 is 2.00 bits per heavy atom. The number of nitrogens with zero attached hydrogens (tertiary/aromatic N) is 1. The van der Waals surface area contributed by atoms with Gasteiger partial charge in [0.05, 0.1) is 24.3 Å². The van der Waals surface area contributed by atoms with Crippen molar-refractivity contribution in [3.8, 4) is 22.8 Å². The van der Waals surface area contributed by atoms with Crippen molar-refractivity contribution in [3.05, 3.63) is 22.7 Å². The molecule has 0 aliphatic carbocycles. The molecule has 5 nitrogen and oxygen atoms in total. The molecule has 0 aliphatic heterocycles. The van der Waals surface area contributed by atoms with E-state index < -0.39 is 0 Å². The number of methoxy groups -OCH3 is 2. The number of halogens is 1. The number of benzene rings is 1. The highest BCUT2D eigenvalue weighted by molar-refractivity contribution is 9.10. The molecular formula is C11H11BrN2O3. The first-order chi connectivity index (χ1) is 8.15. The largest absolute Gasteiger partial charge is 0.497 e. The molecule has 2 aromatic rings. The fourth-order valence-corrected chi connectivity index (χ4v) is 2.09. The lowest BCUT2D eigenvalue weighted by Gasteiger charge is -2.10. The first-order valence-electron chi connectivity index (χ1n) is 4.79. The molecule has 1 heterocycles. The van der Waals surface area contributed by atoms with Crippen LogP contribution in [0.3, 0.4) is 0 Å². The molecule has 90 valence electrons. The predicted molar refractivity (Wildman–Crippen MR) is 67.2 cm³/mol. The van der Waals surface area contributed by atoms with E-state index in [0.717, 1.165) is 10.0 Å². The fraction of sp³-hybridized carbons (Fsp3) is 0.182. The third-order valence-electron chi connectivity index (χ3n) is 2.25. The SMILES string of the molecule is COc1cc(Br)c(OC)c(-c2cc(N)no2)c1. The van der Waals surface area contributed by atoms with E-state index >= 15 is 0 Å². The number of nitrogen functional groups attached to an aromatic ring is 1. The second kappa shape index (κ2) is 4.67. The lowest BCUT2D eigenvalue weighted by Crippen LogP contribution is -1.91. The van der Waals surface area contributed by atoms with Crippen LogP contribution in [-0.4, -0.2) is 19.4 Å². The highest BCUT2D eigenvalue weighted by Gasteiger charge is 2.16. The Morgan fingerprint density at radius 1 is 1.24 bits per heavy atom. The summed E-state index contributed by atoms with van der Waals surface area (Å²) in [5, 5.41) is 3.64. The summed E-state index contributed by atoms with van der Waals surface area (Å²) in [5.74, 6) is 2.17. The van der Waals surface area contributed by atoms with E-state index in [1.54, 1.807) is 26.4 Å². The van der Waals surface area contributed by atoms with Crippen molar-refractivity contribution >= 4 is 21.7 Å². The first-order valence-corrected chi connectivity index (χ1v) is 5.59. The van der Waals surface area contributed by atoms with Gasteiger partial charge in [0.15, 0.2) is 11.6 Å². The maximum Gasteiger partial charge on any atom is 0.172 e. The van der Waals surface area contributed by atoms with Gasteiger partial charge in [-0.05, 0) is 28.1 Å². The Hall–Kier alpha value is -1.69. The van der Waals surface area contributed by atoms with Crippen molar-refractivity contribution in [3.63, 3.8) is 0 Å². The average Bonchev–Trinajstić information content (AvgIpc) is 2.74. The Kier molecular flexibility index (Phi) is 3.23. The first kappa shape index (κ1) is 11.8. The van der Waals surface area contributed by atoms with Gasteiger partial charge in [-0.25, -0.2) is 0 Å². The standard InChI is InChI=1S/C11H11BrN2O3/c1-15-6-3-7(9-5-10(13)14-17-9)11(16-2)8(12)4-6/h3-5H,1-2H3,(H2,13,14). The quantitative estimate of drug-likeness (QED) is 0.943. The molecule has 0 saturated heterocycles. The molecule has 0 aliphatic rings. The second-order valence-corrected chi connectivity index (χ2v) is 4.16. The summed E-state index contributed by atoms with van der Waals surface area (Å²) in [6.45, 7) is 0. The van der Waals surface area contributed by atoms with Crippen LogP contribution in [-0.2, 0) is 0 Å². The second-order valence-electron chi connectivity index (χ2n) is 3.31. The number of hydrogen-bond acceptors (Lipinski definition) is 5. The molecular weight excluding hydrogens is 288 g/mol. The van der Waals surface area contributed by atoms with E-state index in [1.165, 1.54) is 0 Å². The summed E-state index contributed by atoms with van der Waals surface area (Å²) >= 11 is 3.40. The van der Waals surface area contributed by atoms with E-state index in [1.807, 2.05) is 6.07 Å². The summed E-state index contributed by atoms with van der Waals surface area (Å²) in [4.78, 5) is 0. The fourth-order valence-electron chi connectivity index (χ4n) is 1.49. The molecule has 0 bridgehead atoms. The van der Waals surface area contributed by atoms with Crippen molar-refractivity contribution in [2.24, 2.45) is 0 Å². The van der Waals surface area contributed by atoms with Gasteiger partial charge in [-0.1, -0.05) is 5.16 Å². The highest BCUT2D eigenvalue weighted by atomic mass is 79.9. The minimum Gasteiger partial charge on any atom is -0.497 e. The normalized spacial score (nSPS) is 10.3. The zero-order valence-corrected chi connectivity index (χ0v) is 10.9. The summed E-state index contributed by atoms with van der Waals surface area (Å²) in [6.07, 6.45) is 0. The molecule has 0 amide bonds. The zero-order valence-electron chi connectivity index (χ0n) is 9.36. The van der Waals surface area contributed by atoms with Crippen LogP contribution in [0.15, 0.2) is 27.2 Å². The van der Waals surface area contributed by atoms with Gasteiger partial charge >= 0.3 is 0 Å². The topological polar surface area (TPSA) is 70.5 Å². The zero-order chi connectivity index (χ0) is 12.4. The van der Waals surface area contributed by atoms with Crippen LogP contribution in [0, 0.1) is 0 Å². The summed E-state index contributed by atoms with van der Waals surface area (Å²) in [5.41, 5.74) is 6.25. The van der Waals surface area contributed by atoms with Crippen molar-refractivity contribution in [1.82, 2.24) is 5.16 Å². The van der Waals surface area contributed by atoms with Crippen LogP contribution in [0.1, 0.15) is 0 Å². The summed E-state index contributed by atoms with van der Waals surface area (Å²) in [7, 11) is 3.17.